The molecule has 0 bridgehead atoms. The number of thiophene rings is 1. The highest BCUT2D eigenvalue weighted by Crippen LogP contribution is 2.28. The lowest BCUT2D eigenvalue weighted by Crippen LogP contribution is -2.52. The van der Waals surface area contributed by atoms with Crippen molar-refractivity contribution in [2.75, 3.05) is 39.8 Å². The fraction of sp³-hybridized carbons (Fsp3) is 0.421. The van der Waals surface area contributed by atoms with Gasteiger partial charge in [0.15, 0.2) is 0 Å². The number of rotatable bonds is 6. The van der Waals surface area contributed by atoms with Crippen LogP contribution in [0.2, 0.25) is 9.36 Å². The zero-order chi connectivity index (χ0) is 21.2. The molecule has 1 fully saturated rings. The second-order valence-electron chi connectivity index (χ2n) is 6.99. The molecule has 1 aromatic carbocycles. The van der Waals surface area contributed by atoms with Gasteiger partial charge in [-0.1, -0.05) is 35.3 Å². The van der Waals surface area contributed by atoms with Crippen LogP contribution < -0.4 is 0 Å². The number of benzene rings is 1. The monoisotopic (exact) mass is 475 g/mol. The van der Waals surface area contributed by atoms with Gasteiger partial charge in [0.2, 0.25) is 5.91 Å². The number of carbonyl (C=O) groups is 1. The summed E-state index contributed by atoms with van der Waals surface area (Å²) in [7, 11) is -1.67. The van der Waals surface area contributed by atoms with Crippen LogP contribution in [0.3, 0.4) is 0 Å². The molecule has 1 aromatic heterocycles. The third-order valence-electron chi connectivity index (χ3n) is 5.11. The summed E-state index contributed by atoms with van der Waals surface area (Å²) in [5, 5.41) is 0.665. The van der Waals surface area contributed by atoms with E-state index in [4.69, 9.17) is 23.2 Å². The van der Waals surface area contributed by atoms with Gasteiger partial charge in [-0.05, 0) is 43.8 Å². The Bertz CT molecular complexity index is 973. The van der Waals surface area contributed by atoms with Gasteiger partial charge in [-0.25, -0.2) is 8.42 Å². The van der Waals surface area contributed by atoms with Crippen molar-refractivity contribution in [1.82, 2.24) is 14.1 Å². The number of piperazine rings is 1. The SMILES string of the molecule is CC(c1cccc(Cl)c1)N(C)CC(=O)N1CCN(S(=O)(=O)c2ccc(Cl)s2)CC1. The molecule has 0 radical (unpaired) electrons. The van der Waals surface area contributed by atoms with Crippen molar-refractivity contribution in [2.24, 2.45) is 0 Å². The predicted octanol–water partition coefficient (Wildman–Crippen LogP) is 3.58. The standard InChI is InChI=1S/C19H23Cl2N3O3S2/c1-14(15-4-3-5-16(20)12-15)22(2)13-18(25)23-8-10-24(11-9-23)29(26,27)19-7-6-17(21)28-19/h3-7,12,14H,8-11,13H2,1-2H3. The van der Waals surface area contributed by atoms with Crippen molar-refractivity contribution in [3.8, 4) is 0 Å². The van der Waals surface area contributed by atoms with E-state index in [1.54, 1.807) is 11.0 Å². The van der Waals surface area contributed by atoms with Gasteiger partial charge in [0.25, 0.3) is 10.0 Å². The molecule has 158 valence electrons. The summed E-state index contributed by atoms with van der Waals surface area (Å²) < 4.78 is 27.5. The summed E-state index contributed by atoms with van der Waals surface area (Å²) in [5.41, 5.74) is 1.04. The van der Waals surface area contributed by atoms with E-state index in [9.17, 15) is 13.2 Å². The average molecular weight is 476 g/mol. The van der Waals surface area contributed by atoms with E-state index in [1.165, 1.54) is 10.4 Å². The molecule has 1 atom stereocenters. The third-order valence-corrected chi connectivity index (χ3v) is 8.94. The maximum absolute atomic E-state index is 12.7. The largest absolute Gasteiger partial charge is 0.339 e. The Balaban J connectivity index is 1.56. The first kappa shape index (κ1) is 22.5. The van der Waals surface area contributed by atoms with Gasteiger partial charge in [0.1, 0.15) is 4.21 Å². The fourth-order valence-electron chi connectivity index (χ4n) is 3.21. The van der Waals surface area contributed by atoms with E-state index >= 15 is 0 Å². The predicted molar refractivity (Wildman–Crippen MR) is 117 cm³/mol. The molecule has 10 heteroatoms. The number of sulfonamides is 1. The topological polar surface area (TPSA) is 60.9 Å². The number of amides is 1. The van der Waals surface area contributed by atoms with Gasteiger partial charge in [-0.2, -0.15) is 4.31 Å². The summed E-state index contributed by atoms with van der Waals surface area (Å²) in [6, 6.07) is 10.7. The average Bonchev–Trinajstić information content (AvgIpc) is 3.14. The smallest absolute Gasteiger partial charge is 0.252 e. The van der Waals surface area contributed by atoms with E-state index in [2.05, 4.69) is 0 Å². The third kappa shape index (κ3) is 5.31. The highest BCUT2D eigenvalue weighted by molar-refractivity contribution is 7.91. The van der Waals surface area contributed by atoms with Crippen LogP contribution in [0.15, 0.2) is 40.6 Å². The molecule has 0 N–H and O–H groups in total. The van der Waals surface area contributed by atoms with Crippen LogP contribution in [-0.2, 0) is 14.8 Å². The summed E-state index contributed by atoms with van der Waals surface area (Å²) in [6.07, 6.45) is 0. The zero-order valence-corrected chi connectivity index (χ0v) is 19.4. The molecular formula is C19H23Cl2N3O3S2. The lowest BCUT2D eigenvalue weighted by molar-refractivity contribution is -0.133. The van der Waals surface area contributed by atoms with Crippen LogP contribution in [0.1, 0.15) is 18.5 Å². The van der Waals surface area contributed by atoms with Crippen molar-refractivity contribution < 1.29 is 13.2 Å². The fourth-order valence-corrected chi connectivity index (χ4v) is 6.47. The summed E-state index contributed by atoms with van der Waals surface area (Å²) in [6.45, 7) is 3.57. The quantitative estimate of drug-likeness (QED) is 0.640. The number of hydrogen-bond donors (Lipinski definition) is 0. The van der Waals surface area contributed by atoms with Crippen molar-refractivity contribution >= 4 is 50.5 Å². The van der Waals surface area contributed by atoms with Crippen molar-refractivity contribution in [3.63, 3.8) is 0 Å². The highest BCUT2D eigenvalue weighted by atomic mass is 35.5. The minimum absolute atomic E-state index is 0.0161. The minimum atomic E-state index is -3.56. The zero-order valence-electron chi connectivity index (χ0n) is 16.2. The van der Waals surface area contributed by atoms with Gasteiger partial charge >= 0.3 is 0 Å². The summed E-state index contributed by atoms with van der Waals surface area (Å²) in [5.74, 6) is -0.0161. The van der Waals surface area contributed by atoms with Crippen LogP contribution in [0.25, 0.3) is 0 Å². The lowest BCUT2D eigenvalue weighted by Gasteiger charge is -2.35. The maximum Gasteiger partial charge on any atom is 0.252 e. The molecule has 1 aliphatic heterocycles. The molecule has 0 spiro atoms. The molecular weight excluding hydrogens is 453 g/mol. The molecule has 2 heterocycles. The first-order chi connectivity index (χ1) is 13.7. The van der Waals surface area contributed by atoms with E-state index < -0.39 is 10.0 Å². The minimum Gasteiger partial charge on any atom is -0.339 e. The van der Waals surface area contributed by atoms with Gasteiger partial charge in [-0.15, -0.1) is 11.3 Å². The van der Waals surface area contributed by atoms with E-state index in [-0.39, 0.29) is 35.8 Å². The van der Waals surface area contributed by atoms with Gasteiger partial charge < -0.3 is 4.90 Å². The van der Waals surface area contributed by atoms with Crippen LogP contribution in [0.5, 0.6) is 0 Å². The molecule has 1 aliphatic rings. The first-order valence-electron chi connectivity index (χ1n) is 9.17. The number of likely N-dealkylation sites (N-methyl/N-ethyl adjacent to an activating group) is 1. The van der Waals surface area contributed by atoms with Crippen LogP contribution in [0, 0.1) is 0 Å². The van der Waals surface area contributed by atoms with E-state index in [1.807, 2.05) is 43.1 Å². The van der Waals surface area contributed by atoms with Crippen LogP contribution in [-0.4, -0.2) is 68.2 Å². The van der Waals surface area contributed by atoms with E-state index in [0.717, 1.165) is 16.9 Å². The summed E-state index contributed by atoms with van der Waals surface area (Å²) >= 11 is 13.0. The van der Waals surface area contributed by atoms with Crippen molar-refractivity contribution in [2.45, 2.75) is 17.2 Å². The molecule has 1 saturated heterocycles. The Hall–Kier alpha value is -1.16. The molecule has 3 rings (SSSR count). The maximum atomic E-state index is 12.7. The van der Waals surface area contributed by atoms with Crippen LogP contribution >= 0.6 is 34.5 Å². The van der Waals surface area contributed by atoms with Gasteiger partial charge in [-0.3, -0.25) is 9.69 Å². The molecule has 1 unspecified atom stereocenters. The number of hydrogen-bond acceptors (Lipinski definition) is 5. The Kier molecular flexibility index (Phi) is 7.24. The second-order valence-corrected chi connectivity index (χ2v) is 11.3. The van der Waals surface area contributed by atoms with Crippen molar-refractivity contribution in [1.29, 1.82) is 0 Å². The normalized spacial score (nSPS) is 16.9. The number of halogens is 2. The molecule has 0 aliphatic carbocycles. The second kappa shape index (κ2) is 9.32. The van der Waals surface area contributed by atoms with Crippen LogP contribution in [0.4, 0.5) is 0 Å². The molecule has 6 nitrogen and oxygen atoms in total. The Labute approximate surface area is 185 Å². The Morgan fingerprint density at radius 3 is 2.45 bits per heavy atom. The summed E-state index contributed by atoms with van der Waals surface area (Å²) in [4.78, 5) is 16.4. The number of nitrogens with zero attached hydrogens (tertiary/aromatic N) is 3. The molecule has 0 saturated carbocycles. The lowest BCUT2D eigenvalue weighted by atomic mass is 10.1. The molecule has 1 amide bonds. The molecule has 2 aromatic rings. The van der Waals surface area contributed by atoms with Gasteiger partial charge in [0.05, 0.1) is 10.9 Å². The first-order valence-corrected chi connectivity index (χ1v) is 12.2. The highest BCUT2D eigenvalue weighted by Gasteiger charge is 2.31. The Morgan fingerprint density at radius 2 is 1.86 bits per heavy atom. The Morgan fingerprint density at radius 1 is 1.17 bits per heavy atom. The van der Waals surface area contributed by atoms with E-state index in [0.29, 0.717) is 22.4 Å². The number of carbonyl (C=O) groups excluding carboxylic acids is 1. The van der Waals surface area contributed by atoms with Crippen molar-refractivity contribution in [3.05, 3.63) is 51.3 Å². The van der Waals surface area contributed by atoms with Gasteiger partial charge in [0, 0.05) is 37.2 Å². The molecule has 29 heavy (non-hydrogen) atoms.